The van der Waals surface area contributed by atoms with Crippen LogP contribution in [0.4, 0.5) is 5.82 Å². The van der Waals surface area contributed by atoms with E-state index in [2.05, 4.69) is 10.3 Å². The van der Waals surface area contributed by atoms with Gasteiger partial charge < -0.3 is 15.1 Å². The molecule has 0 aromatic carbocycles. The van der Waals surface area contributed by atoms with E-state index in [4.69, 9.17) is 0 Å². The predicted octanol–water partition coefficient (Wildman–Crippen LogP) is 0.860. The zero-order chi connectivity index (χ0) is 13.7. The van der Waals surface area contributed by atoms with E-state index in [-0.39, 0.29) is 5.91 Å². The zero-order valence-electron chi connectivity index (χ0n) is 11.7. The average molecular weight is 262 g/mol. The molecule has 1 saturated heterocycles. The van der Waals surface area contributed by atoms with Crippen molar-refractivity contribution in [3.63, 3.8) is 0 Å². The number of likely N-dealkylation sites (tertiary alicyclic amines) is 1. The van der Waals surface area contributed by atoms with Crippen molar-refractivity contribution in [2.24, 2.45) is 0 Å². The number of likely N-dealkylation sites (N-methyl/N-ethyl adjacent to an activating group) is 1. The number of amides is 1. The van der Waals surface area contributed by atoms with Crippen molar-refractivity contribution < 1.29 is 4.79 Å². The molecule has 2 rings (SSSR count). The Kier molecular flexibility index (Phi) is 4.74. The lowest BCUT2D eigenvalue weighted by Crippen LogP contribution is -2.38. The smallest absolute Gasteiger partial charge is 0.242 e. The molecule has 1 aliphatic heterocycles. The van der Waals surface area contributed by atoms with E-state index in [1.807, 2.05) is 36.0 Å². The van der Waals surface area contributed by atoms with Crippen molar-refractivity contribution in [3.05, 3.63) is 23.9 Å². The summed E-state index contributed by atoms with van der Waals surface area (Å²) in [5.74, 6) is 1.07. The van der Waals surface area contributed by atoms with Crippen molar-refractivity contribution in [1.82, 2.24) is 15.2 Å². The largest absolute Gasteiger partial charge is 0.350 e. The summed E-state index contributed by atoms with van der Waals surface area (Å²) in [7, 11) is 3.83. The first kappa shape index (κ1) is 13.8. The summed E-state index contributed by atoms with van der Waals surface area (Å²) in [6.45, 7) is 2.95. The minimum Gasteiger partial charge on any atom is -0.350 e. The van der Waals surface area contributed by atoms with Crippen LogP contribution >= 0.6 is 0 Å². The molecule has 104 valence electrons. The Balaban J connectivity index is 2.02. The molecule has 0 radical (unpaired) electrons. The van der Waals surface area contributed by atoms with E-state index in [0.29, 0.717) is 6.54 Å². The lowest BCUT2D eigenvalue weighted by atomic mass is 10.2. The van der Waals surface area contributed by atoms with Gasteiger partial charge in [0.05, 0.1) is 6.54 Å². The van der Waals surface area contributed by atoms with Gasteiger partial charge in [0.25, 0.3) is 0 Å². The number of aromatic nitrogens is 1. The van der Waals surface area contributed by atoms with Crippen LogP contribution in [0.25, 0.3) is 0 Å². The minimum absolute atomic E-state index is 0.195. The standard InChI is InChI=1S/C14H22N4O/c1-15-10-12-6-5-7-16-14(12)17(2)11-13(19)18-8-3-4-9-18/h5-7,15H,3-4,8-11H2,1-2H3. The van der Waals surface area contributed by atoms with Crippen LogP contribution in [0.15, 0.2) is 18.3 Å². The number of anilines is 1. The molecule has 0 saturated carbocycles. The van der Waals surface area contributed by atoms with Crippen LogP contribution in [0.2, 0.25) is 0 Å². The van der Waals surface area contributed by atoms with Crippen LogP contribution in [0.1, 0.15) is 18.4 Å². The summed E-state index contributed by atoms with van der Waals surface area (Å²) in [6.07, 6.45) is 4.03. The molecule has 1 aromatic rings. The van der Waals surface area contributed by atoms with Gasteiger partial charge in [-0.3, -0.25) is 4.79 Å². The van der Waals surface area contributed by atoms with E-state index in [1.54, 1.807) is 6.20 Å². The average Bonchev–Trinajstić information content (AvgIpc) is 2.93. The maximum atomic E-state index is 12.1. The highest BCUT2D eigenvalue weighted by molar-refractivity contribution is 5.81. The Bertz CT molecular complexity index is 429. The van der Waals surface area contributed by atoms with E-state index >= 15 is 0 Å². The van der Waals surface area contributed by atoms with E-state index in [1.165, 1.54) is 0 Å². The molecule has 0 aliphatic carbocycles. The van der Waals surface area contributed by atoms with Gasteiger partial charge in [0.15, 0.2) is 0 Å². The highest BCUT2D eigenvalue weighted by Crippen LogP contribution is 2.16. The first-order chi connectivity index (χ1) is 9.22. The van der Waals surface area contributed by atoms with Crippen molar-refractivity contribution >= 4 is 11.7 Å². The fraction of sp³-hybridized carbons (Fsp3) is 0.571. The highest BCUT2D eigenvalue weighted by Gasteiger charge is 2.20. The monoisotopic (exact) mass is 262 g/mol. The molecule has 0 spiro atoms. The molecule has 1 aliphatic rings. The molecule has 1 fully saturated rings. The predicted molar refractivity (Wildman–Crippen MR) is 76.1 cm³/mol. The number of hydrogen-bond donors (Lipinski definition) is 1. The summed E-state index contributed by atoms with van der Waals surface area (Å²) < 4.78 is 0. The van der Waals surface area contributed by atoms with Gasteiger partial charge in [0.1, 0.15) is 5.82 Å². The molecule has 1 amide bonds. The van der Waals surface area contributed by atoms with Crippen molar-refractivity contribution in [2.75, 3.05) is 38.6 Å². The minimum atomic E-state index is 0.195. The highest BCUT2D eigenvalue weighted by atomic mass is 16.2. The third kappa shape index (κ3) is 3.44. The molecular formula is C14H22N4O. The molecule has 0 bridgehead atoms. The van der Waals surface area contributed by atoms with Crippen LogP contribution in [-0.2, 0) is 11.3 Å². The Morgan fingerprint density at radius 3 is 2.89 bits per heavy atom. The van der Waals surface area contributed by atoms with Gasteiger partial charge in [0.2, 0.25) is 5.91 Å². The third-order valence-corrected chi connectivity index (χ3v) is 3.43. The first-order valence-electron chi connectivity index (χ1n) is 6.80. The summed E-state index contributed by atoms with van der Waals surface area (Å²) in [5.41, 5.74) is 1.11. The Labute approximate surface area is 114 Å². The number of rotatable bonds is 5. The second-order valence-corrected chi connectivity index (χ2v) is 4.96. The SMILES string of the molecule is CNCc1cccnc1N(C)CC(=O)N1CCCC1. The molecule has 5 heteroatoms. The first-order valence-corrected chi connectivity index (χ1v) is 6.80. The van der Waals surface area contributed by atoms with Crippen molar-refractivity contribution in [2.45, 2.75) is 19.4 Å². The summed E-state index contributed by atoms with van der Waals surface area (Å²) in [6, 6.07) is 3.96. The molecule has 1 N–H and O–H groups in total. The normalized spacial score (nSPS) is 14.7. The van der Waals surface area contributed by atoms with Crippen LogP contribution in [0.5, 0.6) is 0 Å². The molecule has 5 nitrogen and oxygen atoms in total. The van der Waals surface area contributed by atoms with Gasteiger partial charge in [-0.1, -0.05) is 6.07 Å². The summed E-state index contributed by atoms with van der Waals surface area (Å²) in [4.78, 5) is 20.4. The number of carbonyl (C=O) groups excluding carboxylic acids is 1. The lowest BCUT2D eigenvalue weighted by molar-refractivity contribution is -0.128. The Morgan fingerprint density at radius 2 is 2.21 bits per heavy atom. The van der Waals surface area contributed by atoms with Gasteiger partial charge in [0, 0.05) is 38.4 Å². The molecule has 2 heterocycles. The second kappa shape index (κ2) is 6.52. The second-order valence-electron chi connectivity index (χ2n) is 4.96. The molecule has 0 unspecified atom stereocenters. The van der Waals surface area contributed by atoms with Crippen molar-refractivity contribution in [1.29, 1.82) is 0 Å². The molecule has 1 aromatic heterocycles. The van der Waals surface area contributed by atoms with E-state index < -0.39 is 0 Å². The maximum Gasteiger partial charge on any atom is 0.242 e. The topological polar surface area (TPSA) is 48.5 Å². The number of hydrogen-bond acceptors (Lipinski definition) is 4. The fourth-order valence-corrected chi connectivity index (χ4v) is 2.45. The number of pyridine rings is 1. The third-order valence-electron chi connectivity index (χ3n) is 3.43. The van der Waals surface area contributed by atoms with Crippen LogP contribution in [-0.4, -0.2) is 49.5 Å². The van der Waals surface area contributed by atoms with Crippen molar-refractivity contribution in [3.8, 4) is 0 Å². The van der Waals surface area contributed by atoms with Gasteiger partial charge in [-0.25, -0.2) is 4.98 Å². The Morgan fingerprint density at radius 1 is 1.47 bits per heavy atom. The van der Waals surface area contributed by atoms with Gasteiger partial charge >= 0.3 is 0 Å². The maximum absolute atomic E-state index is 12.1. The number of nitrogens with zero attached hydrogens (tertiary/aromatic N) is 3. The quantitative estimate of drug-likeness (QED) is 0.855. The van der Waals surface area contributed by atoms with Gasteiger partial charge in [-0.2, -0.15) is 0 Å². The zero-order valence-corrected chi connectivity index (χ0v) is 11.7. The summed E-state index contributed by atoms with van der Waals surface area (Å²) >= 11 is 0. The van der Waals surface area contributed by atoms with E-state index in [0.717, 1.165) is 43.9 Å². The van der Waals surface area contributed by atoms with Gasteiger partial charge in [-0.15, -0.1) is 0 Å². The number of nitrogens with one attached hydrogen (secondary N) is 1. The van der Waals surface area contributed by atoms with Crippen LogP contribution < -0.4 is 10.2 Å². The van der Waals surface area contributed by atoms with E-state index in [9.17, 15) is 4.79 Å². The Hall–Kier alpha value is -1.62. The molecular weight excluding hydrogens is 240 g/mol. The molecule has 19 heavy (non-hydrogen) atoms. The van der Waals surface area contributed by atoms with Crippen LogP contribution in [0, 0.1) is 0 Å². The fourth-order valence-electron chi connectivity index (χ4n) is 2.45. The van der Waals surface area contributed by atoms with Gasteiger partial charge in [-0.05, 0) is 26.0 Å². The lowest BCUT2D eigenvalue weighted by Gasteiger charge is -2.23. The summed E-state index contributed by atoms with van der Waals surface area (Å²) in [5, 5.41) is 3.13. The molecule has 0 atom stereocenters. The number of carbonyl (C=O) groups is 1. The van der Waals surface area contributed by atoms with Crippen LogP contribution in [0.3, 0.4) is 0 Å².